The number of Topliss-reactive ketones (excluding diaryl/α,β-unsaturated/α-hetero) is 2. The molecule has 0 saturated heterocycles. The van der Waals surface area contributed by atoms with Gasteiger partial charge in [0, 0.05) is 6.07 Å². The molecule has 6 heteroatoms. The first-order valence-corrected chi connectivity index (χ1v) is 8.82. The van der Waals surface area contributed by atoms with Crippen molar-refractivity contribution in [2.75, 3.05) is 13.2 Å². The van der Waals surface area contributed by atoms with Crippen molar-refractivity contribution in [3.05, 3.63) is 47.5 Å². The number of ketones is 2. The Balaban J connectivity index is 1.70. The summed E-state index contributed by atoms with van der Waals surface area (Å²) in [6, 6.07) is 9.40. The molecule has 0 spiro atoms. The molecule has 2 N–H and O–H groups in total. The summed E-state index contributed by atoms with van der Waals surface area (Å²) in [5.41, 5.74) is 0.478. The van der Waals surface area contributed by atoms with E-state index >= 15 is 0 Å². The highest BCUT2D eigenvalue weighted by molar-refractivity contribution is 5.99. The molecule has 0 atom stereocenters. The fourth-order valence-corrected chi connectivity index (χ4v) is 2.65. The molecule has 0 saturated carbocycles. The molecular weight excluding hydrogens is 348 g/mol. The summed E-state index contributed by atoms with van der Waals surface area (Å²) in [5, 5.41) is 19.5. The monoisotopic (exact) mass is 372 g/mol. The second-order valence-electron chi connectivity index (χ2n) is 6.20. The van der Waals surface area contributed by atoms with E-state index < -0.39 is 0 Å². The zero-order valence-electron chi connectivity index (χ0n) is 15.5. The van der Waals surface area contributed by atoms with E-state index in [9.17, 15) is 19.8 Å². The molecule has 0 aliphatic carbocycles. The van der Waals surface area contributed by atoms with E-state index in [1.54, 1.807) is 24.3 Å². The summed E-state index contributed by atoms with van der Waals surface area (Å²) in [6.07, 6.45) is 2.41. The number of aromatic hydroxyl groups is 2. The summed E-state index contributed by atoms with van der Waals surface area (Å²) < 4.78 is 11.2. The number of phenolic OH excluding ortho intramolecular Hbond substituents is 2. The molecule has 2 aromatic rings. The van der Waals surface area contributed by atoms with Crippen LogP contribution >= 0.6 is 0 Å². The Bertz CT molecular complexity index is 812. The number of carbonyl (C=O) groups is 2. The summed E-state index contributed by atoms with van der Waals surface area (Å²) in [5.74, 6) is 0.307. The number of hydrogen-bond donors (Lipinski definition) is 2. The van der Waals surface area contributed by atoms with Gasteiger partial charge in [-0.3, -0.25) is 9.59 Å². The maximum absolute atomic E-state index is 11.6. The largest absolute Gasteiger partial charge is 0.507 e. The van der Waals surface area contributed by atoms with Gasteiger partial charge in [-0.1, -0.05) is 6.07 Å². The van der Waals surface area contributed by atoms with Crippen LogP contribution in [0.2, 0.25) is 0 Å². The summed E-state index contributed by atoms with van der Waals surface area (Å²) in [4.78, 5) is 22.9. The standard InChI is InChI=1S/C21H24O6/c1-14(22)17-10-9-16(13-19(17)25)26-11-4-3-5-12-27-20-8-6-7-18(24)21(20)15(2)23/h6-10,13,24-25H,3-5,11-12H2,1-2H3. The highest BCUT2D eigenvalue weighted by atomic mass is 16.5. The second kappa shape index (κ2) is 9.62. The van der Waals surface area contributed by atoms with E-state index in [2.05, 4.69) is 0 Å². The normalized spacial score (nSPS) is 10.4. The molecule has 27 heavy (non-hydrogen) atoms. The zero-order valence-corrected chi connectivity index (χ0v) is 15.5. The van der Waals surface area contributed by atoms with Crippen LogP contribution in [0.1, 0.15) is 53.8 Å². The van der Waals surface area contributed by atoms with Crippen LogP contribution in [0.25, 0.3) is 0 Å². The predicted molar refractivity (Wildman–Crippen MR) is 101 cm³/mol. The van der Waals surface area contributed by atoms with Gasteiger partial charge in [0.15, 0.2) is 11.6 Å². The minimum atomic E-state index is -0.240. The van der Waals surface area contributed by atoms with Crippen molar-refractivity contribution in [2.45, 2.75) is 33.1 Å². The van der Waals surface area contributed by atoms with Crippen LogP contribution in [0.3, 0.4) is 0 Å². The molecule has 0 radical (unpaired) electrons. The molecule has 0 amide bonds. The number of phenols is 2. The molecule has 0 bridgehead atoms. The van der Waals surface area contributed by atoms with Gasteiger partial charge in [0.2, 0.25) is 0 Å². The van der Waals surface area contributed by atoms with Crippen molar-refractivity contribution >= 4 is 11.6 Å². The third-order valence-corrected chi connectivity index (χ3v) is 4.02. The molecule has 0 aliphatic heterocycles. The molecule has 144 valence electrons. The zero-order chi connectivity index (χ0) is 19.8. The number of benzene rings is 2. The van der Waals surface area contributed by atoms with Gasteiger partial charge >= 0.3 is 0 Å². The number of rotatable bonds is 10. The topological polar surface area (TPSA) is 93.1 Å². The smallest absolute Gasteiger partial charge is 0.167 e. The lowest BCUT2D eigenvalue weighted by Gasteiger charge is -2.11. The number of unbranched alkanes of at least 4 members (excludes halogenated alkanes) is 2. The highest BCUT2D eigenvalue weighted by Gasteiger charge is 2.13. The third kappa shape index (κ3) is 5.74. The van der Waals surface area contributed by atoms with Gasteiger partial charge < -0.3 is 19.7 Å². The summed E-state index contributed by atoms with van der Waals surface area (Å²) in [6.45, 7) is 3.69. The molecule has 6 nitrogen and oxygen atoms in total. The van der Waals surface area contributed by atoms with Crippen molar-refractivity contribution < 1.29 is 29.3 Å². The number of hydrogen-bond acceptors (Lipinski definition) is 6. The van der Waals surface area contributed by atoms with Gasteiger partial charge in [0.05, 0.1) is 18.8 Å². The van der Waals surface area contributed by atoms with Crippen molar-refractivity contribution in [3.63, 3.8) is 0 Å². The quantitative estimate of drug-likeness (QED) is 0.481. The minimum absolute atomic E-state index is 0.0764. The average Bonchev–Trinajstić information content (AvgIpc) is 2.60. The molecule has 0 unspecified atom stereocenters. The Hall–Kier alpha value is -3.02. The van der Waals surface area contributed by atoms with Crippen LogP contribution < -0.4 is 9.47 Å². The van der Waals surface area contributed by atoms with E-state index in [0.29, 0.717) is 24.7 Å². The van der Waals surface area contributed by atoms with E-state index in [1.165, 1.54) is 26.0 Å². The van der Waals surface area contributed by atoms with E-state index in [4.69, 9.17) is 9.47 Å². The first-order chi connectivity index (χ1) is 12.9. The Labute approximate surface area is 158 Å². The van der Waals surface area contributed by atoms with Gasteiger partial charge in [-0.15, -0.1) is 0 Å². The first-order valence-electron chi connectivity index (χ1n) is 8.82. The lowest BCUT2D eigenvalue weighted by molar-refractivity contribution is 0.0999. The number of ether oxygens (including phenoxy) is 2. The highest BCUT2D eigenvalue weighted by Crippen LogP contribution is 2.28. The Morgan fingerprint density at radius 1 is 0.852 bits per heavy atom. The maximum atomic E-state index is 11.6. The lowest BCUT2D eigenvalue weighted by atomic mass is 10.1. The minimum Gasteiger partial charge on any atom is -0.507 e. The molecule has 0 aliphatic rings. The van der Waals surface area contributed by atoms with Gasteiger partial charge in [0.1, 0.15) is 28.6 Å². The van der Waals surface area contributed by atoms with Crippen molar-refractivity contribution in [3.8, 4) is 23.0 Å². The van der Waals surface area contributed by atoms with Gasteiger partial charge in [-0.05, 0) is 57.4 Å². The molecule has 2 rings (SSSR count). The molecule has 2 aromatic carbocycles. The van der Waals surface area contributed by atoms with Crippen LogP contribution in [-0.2, 0) is 0 Å². The first kappa shape index (κ1) is 20.3. The Morgan fingerprint density at radius 3 is 2.19 bits per heavy atom. The molecular formula is C21H24O6. The van der Waals surface area contributed by atoms with Gasteiger partial charge in [-0.25, -0.2) is 0 Å². The summed E-state index contributed by atoms with van der Waals surface area (Å²) in [7, 11) is 0. The van der Waals surface area contributed by atoms with Crippen molar-refractivity contribution in [1.82, 2.24) is 0 Å². The van der Waals surface area contributed by atoms with E-state index in [1.807, 2.05) is 0 Å². The molecule has 0 heterocycles. The average molecular weight is 372 g/mol. The van der Waals surface area contributed by atoms with Crippen LogP contribution in [-0.4, -0.2) is 35.0 Å². The fraction of sp³-hybridized carbons (Fsp3) is 0.333. The van der Waals surface area contributed by atoms with Gasteiger partial charge in [-0.2, -0.15) is 0 Å². The third-order valence-electron chi connectivity index (χ3n) is 4.02. The lowest BCUT2D eigenvalue weighted by Crippen LogP contribution is -2.04. The Kier molecular flexibility index (Phi) is 7.23. The second-order valence-corrected chi connectivity index (χ2v) is 6.20. The summed E-state index contributed by atoms with van der Waals surface area (Å²) >= 11 is 0. The van der Waals surface area contributed by atoms with Gasteiger partial charge in [0.25, 0.3) is 0 Å². The van der Waals surface area contributed by atoms with E-state index in [-0.39, 0.29) is 34.2 Å². The fourth-order valence-electron chi connectivity index (χ4n) is 2.65. The molecule has 0 fully saturated rings. The predicted octanol–water partition coefficient (Wildman–Crippen LogP) is 4.13. The van der Waals surface area contributed by atoms with E-state index in [0.717, 1.165) is 19.3 Å². The van der Waals surface area contributed by atoms with Crippen LogP contribution in [0.4, 0.5) is 0 Å². The van der Waals surface area contributed by atoms with Crippen molar-refractivity contribution in [2.24, 2.45) is 0 Å². The molecule has 0 aromatic heterocycles. The van der Waals surface area contributed by atoms with Crippen LogP contribution in [0.5, 0.6) is 23.0 Å². The van der Waals surface area contributed by atoms with Crippen LogP contribution in [0.15, 0.2) is 36.4 Å². The SMILES string of the molecule is CC(=O)c1ccc(OCCCCCOc2cccc(O)c2C(C)=O)cc1O. The maximum Gasteiger partial charge on any atom is 0.167 e. The Morgan fingerprint density at radius 2 is 1.56 bits per heavy atom. The van der Waals surface area contributed by atoms with Crippen molar-refractivity contribution in [1.29, 1.82) is 0 Å². The van der Waals surface area contributed by atoms with Crippen LogP contribution in [0, 0.1) is 0 Å². The number of carbonyl (C=O) groups excluding carboxylic acids is 2.